The van der Waals surface area contributed by atoms with Crippen molar-refractivity contribution in [3.05, 3.63) is 53.5 Å². The van der Waals surface area contributed by atoms with E-state index in [0.717, 1.165) is 5.56 Å². The molecule has 98 valence electrons. The van der Waals surface area contributed by atoms with Gasteiger partial charge in [-0.05, 0) is 31.2 Å². The van der Waals surface area contributed by atoms with E-state index in [1.807, 2.05) is 6.92 Å². The number of carbonyl (C=O) groups excluding carboxylic acids is 2. The maximum Gasteiger partial charge on any atom is 0.255 e. The number of hydrogen-bond donors (Lipinski definition) is 2. The summed E-state index contributed by atoms with van der Waals surface area (Å²) in [6.07, 6.45) is 1.39. The molecule has 0 saturated carbocycles. The summed E-state index contributed by atoms with van der Waals surface area (Å²) in [6.45, 7) is 1.63. The molecule has 1 aromatic heterocycles. The van der Waals surface area contributed by atoms with E-state index in [1.54, 1.807) is 18.2 Å². The van der Waals surface area contributed by atoms with Crippen LogP contribution < -0.4 is 5.32 Å². The molecule has 5 heteroatoms. The smallest absolute Gasteiger partial charge is 0.255 e. The first-order valence-corrected chi connectivity index (χ1v) is 5.72. The van der Waals surface area contributed by atoms with Crippen LogP contribution in [0.3, 0.4) is 0 Å². The zero-order valence-electron chi connectivity index (χ0n) is 10.3. The van der Waals surface area contributed by atoms with Crippen molar-refractivity contribution in [1.82, 2.24) is 5.32 Å². The van der Waals surface area contributed by atoms with Gasteiger partial charge in [0, 0.05) is 0 Å². The van der Waals surface area contributed by atoms with E-state index in [0.29, 0.717) is 0 Å². The molecular formula is C14H13NO4. The molecule has 1 amide bonds. The van der Waals surface area contributed by atoms with Crippen molar-refractivity contribution >= 4 is 11.7 Å². The lowest BCUT2D eigenvalue weighted by Gasteiger charge is -2.06. The predicted molar refractivity (Wildman–Crippen MR) is 68.2 cm³/mol. The van der Waals surface area contributed by atoms with E-state index < -0.39 is 5.91 Å². The molecule has 0 bridgehead atoms. The van der Waals surface area contributed by atoms with Gasteiger partial charge in [-0.15, -0.1) is 0 Å². The van der Waals surface area contributed by atoms with Crippen LogP contribution in [-0.2, 0) is 0 Å². The Bertz CT molecular complexity index is 602. The maximum absolute atomic E-state index is 11.8. The third kappa shape index (κ3) is 3.01. The molecule has 0 saturated heterocycles. The molecule has 5 nitrogen and oxygen atoms in total. The largest absolute Gasteiger partial charge is 0.507 e. The van der Waals surface area contributed by atoms with Gasteiger partial charge in [-0.25, -0.2) is 0 Å². The number of carbonyl (C=O) groups is 2. The van der Waals surface area contributed by atoms with Crippen LogP contribution >= 0.6 is 0 Å². The molecule has 19 heavy (non-hydrogen) atoms. The second kappa shape index (κ2) is 5.39. The molecule has 2 rings (SSSR count). The highest BCUT2D eigenvalue weighted by Crippen LogP contribution is 2.17. The highest BCUT2D eigenvalue weighted by atomic mass is 16.3. The number of phenols is 1. The standard InChI is InChI=1S/C14H13NO4/c1-9-4-5-11(16)10(7-9)14(18)15-8-12(17)13-3-2-6-19-13/h2-7,16H,8H2,1H3,(H,15,18). The average molecular weight is 259 g/mol. The lowest BCUT2D eigenvalue weighted by Crippen LogP contribution is -2.29. The first-order valence-electron chi connectivity index (χ1n) is 5.72. The molecule has 0 radical (unpaired) electrons. The Morgan fingerprint density at radius 3 is 2.79 bits per heavy atom. The van der Waals surface area contributed by atoms with E-state index in [4.69, 9.17) is 4.42 Å². The molecule has 0 unspecified atom stereocenters. The van der Waals surface area contributed by atoms with E-state index in [2.05, 4.69) is 5.32 Å². The third-order valence-corrected chi connectivity index (χ3v) is 2.60. The Morgan fingerprint density at radius 1 is 1.32 bits per heavy atom. The van der Waals surface area contributed by atoms with Gasteiger partial charge in [0.2, 0.25) is 5.78 Å². The van der Waals surface area contributed by atoms with Gasteiger partial charge in [0.1, 0.15) is 5.75 Å². The lowest BCUT2D eigenvalue weighted by atomic mass is 10.1. The fourth-order valence-electron chi connectivity index (χ4n) is 1.61. The summed E-state index contributed by atoms with van der Waals surface area (Å²) in [6, 6.07) is 7.82. The van der Waals surface area contributed by atoms with Crippen molar-refractivity contribution in [2.45, 2.75) is 6.92 Å². The van der Waals surface area contributed by atoms with Crippen LogP contribution in [0.15, 0.2) is 41.0 Å². The van der Waals surface area contributed by atoms with Crippen LogP contribution in [0.5, 0.6) is 5.75 Å². The molecular weight excluding hydrogens is 246 g/mol. The van der Waals surface area contributed by atoms with Gasteiger partial charge in [0.05, 0.1) is 18.4 Å². The summed E-state index contributed by atoms with van der Waals surface area (Å²) in [7, 11) is 0. The Balaban J connectivity index is 2.02. The van der Waals surface area contributed by atoms with Crippen molar-refractivity contribution in [2.24, 2.45) is 0 Å². The number of furan rings is 1. The summed E-state index contributed by atoms with van der Waals surface area (Å²) >= 11 is 0. The van der Waals surface area contributed by atoms with Gasteiger partial charge < -0.3 is 14.8 Å². The Hall–Kier alpha value is -2.56. The second-order valence-electron chi connectivity index (χ2n) is 4.10. The monoisotopic (exact) mass is 259 g/mol. The molecule has 0 aliphatic rings. The van der Waals surface area contributed by atoms with Crippen LogP contribution in [0.1, 0.15) is 26.5 Å². The Labute approximate surface area is 109 Å². The van der Waals surface area contributed by atoms with Gasteiger partial charge in [-0.3, -0.25) is 9.59 Å². The van der Waals surface area contributed by atoms with Gasteiger partial charge in [-0.2, -0.15) is 0 Å². The number of benzene rings is 1. The molecule has 0 aliphatic carbocycles. The van der Waals surface area contributed by atoms with Crippen molar-refractivity contribution in [3.8, 4) is 5.75 Å². The number of phenolic OH excluding ortho intramolecular Hbond substituents is 1. The van der Waals surface area contributed by atoms with E-state index in [9.17, 15) is 14.7 Å². The number of nitrogens with one attached hydrogen (secondary N) is 1. The van der Waals surface area contributed by atoms with Crippen LogP contribution in [0.2, 0.25) is 0 Å². The van der Waals surface area contributed by atoms with Crippen molar-refractivity contribution in [1.29, 1.82) is 0 Å². The summed E-state index contributed by atoms with van der Waals surface area (Å²) in [4.78, 5) is 23.5. The number of hydrogen-bond acceptors (Lipinski definition) is 4. The molecule has 0 aliphatic heterocycles. The molecule has 2 N–H and O–H groups in total. The van der Waals surface area contributed by atoms with E-state index in [-0.39, 0.29) is 29.4 Å². The van der Waals surface area contributed by atoms with Gasteiger partial charge in [-0.1, -0.05) is 11.6 Å². The van der Waals surface area contributed by atoms with Crippen LogP contribution in [0.25, 0.3) is 0 Å². The zero-order valence-corrected chi connectivity index (χ0v) is 10.3. The molecule has 2 aromatic rings. The number of ketones is 1. The molecule has 1 heterocycles. The van der Waals surface area contributed by atoms with E-state index >= 15 is 0 Å². The number of rotatable bonds is 4. The molecule has 0 spiro atoms. The highest BCUT2D eigenvalue weighted by molar-refractivity contribution is 6.02. The molecule has 0 fully saturated rings. The minimum atomic E-state index is -0.499. The SMILES string of the molecule is Cc1ccc(O)c(C(=O)NCC(=O)c2ccco2)c1. The fourth-order valence-corrected chi connectivity index (χ4v) is 1.61. The highest BCUT2D eigenvalue weighted by Gasteiger charge is 2.14. The average Bonchev–Trinajstić information content (AvgIpc) is 2.92. The Morgan fingerprint density at radius 2 is 2.11 bits per heavy atom. The summed E-state index contributed by atoms with van der Waals surface area (Å²) in [5, 5.41) is 12.0. The maximum atomic E-state index is 11.8. The minimum absolute atomic E-state index is 0.117. The van der Waals surface area contributed by atoms with Crippen molar-refractivity contribution in [3.63, 3.8) is 0 Å². The van der Waals surface area contributed by atoms with Gasteiger partial charge in [0.15, 0.2) is 5.76 Å². The summed E-state index contributed by atoms with van der Waals surface area (Å²) in [5.41, 5.74) is 0.993. The fraction of sp³-hybridized carbons (Fsp3) is 0.143. The number of amides is 1. The topological polar surface area (TPSA) is 79.5 Å². The Kier molecular flexibility index (Phi) is 3.66. The van der Waals surface area contributed by atoms with Crippen LogP contribution in [0.4, 0.5) is 0 Å². The van der Waals surface area contributed by atoms with Crippen molar-refractivity contribution < 1.29 is 19.1 Å². The number of aromatic hydroxyl groups is 1. The predicted octanol–water partition coefficient (Wildman–Crippen LogP) is 1.91. The van der Waals surface area contributed by atoms with Crippen LogP contribution in [-0.4, -0.2) is 23.3 Å². The number of aryl methyl sites for hydroxylation is 1. The first kappa shape index (κ1) is 12.9. The third-order valence-electron chi connectivity index (χ3n) is 2.60. The summed E-state index contributed by atoms with van der Waals surface area (Å²) in [5.74, 6) is -0.756. The van der Waals surface area contributed by atoms with Gasteiger partial charge >= 0.3 is 0 Å². The molecule has 1 aromatic carbocycles. The lowest BCUT2D eigenvalue weighted by molar-refractivity contribution is 0.0890. The normalized spacial score (nSPS) is 10.2. The van der Waals surface area contributed by atoms with Gasteiger partial charge in [0.25, 0.3) is 5.91 Å². The quantitative estimate of drug-likeness (QED) is 0.822. The zero-order chi connectivity index (χ0) is 13.8. The second-order valence-corrected chi connectivity index (χ2v) is 4.10. The first-order chi connectivity index (χ1) is 9.08. The number of Topliss-reactive ketones (excluding diaryl/α,β-unsaturated/α-hetero) is 1. The van der Waals surface area contributed by atoms with Crippen LogP contribution in [0, 0.1) is 6.92 Å². The minimum Gasteiger partial charge on any atom is -0.507 e. The van der Waals surface area contributed by atoms with E-state index in [1.165, 1.54) is 18.4 Å². The van der Waals surface area contributed by atoms with Crippen molar-refractivity contribution in [2.75, 3.05) is 6.54 Å². The summed E-state index contributed by atoms with van der Waals surface area (Å²) < 4.78 is 4.93. The molecule has 0 atom stereocenters.